The molecular formula is C18H19N3O6S. The number of fused-ring (bicyclic) bond motifs is 1. The summed E-state index contributed by atoms with van der Waals surface area (Å²) < 4.78 is 12.5. The Bertz CT molecular complexity index is 1010. The lowest BCUT2D eigenvalue weighted by Crippen LogP contribution is -2.34. The van der Waals surface area contributed by atoms with Crippen LogP contribution in [0.1, 0.15) is 19.3 Å². The van der Waals surface area contributed by atoms with E-state index in [4.69, 9.17) is 4.74 Å². The Labute approximate surface area is 164 Å². The molecule has 10 heteroatoms. The third-order valence-electron chi connectivity index (χ3n) is 4.33. The first-order valence-electron chi connectivity index (χ1n) is 8.58. The van der Waals surface area contributed by atoms with Crippen LogP contribution in [0, 0.1) is 0 Å². The number of esters is 1. The fraction of sp³-hybridized carbons (Fsp3) is 0.389. The number of thiazole rings is 1. The van der Waals surface area contributed by atoms with E-state index in [-0.39, 0.29) is 50.1 Å². The highest BCUT2D eigenvalue weighted by Gasteiger charge is 2.30. The minimum Gasteiger partial charge on any atom is -0.497 e. The molecule has 0 spiro atoms. The van der Waals surface area contributed by atoms with Crippen LogP contribution in [0.5, 0.6) is 5.75 Å². The molecule has 1 aromatic carbocycles. The predicted molar refractivity (Wildman–Crippen MR) is 99.5 cm³/mol. The molecule has 3 rings (SSSR count). The van der Waals surface area contributed by atoms with Crippen LogP contribution in [0.15, 0.2) is 23.2 Å². The first-order valence-corrected chi connectivity index (χ1v) is 9.39. The molecule has 1 fully saturated rings. The summed E-state index contributed by atoms with van der Waals surface area (Å²) in [5, 5.41) is 0. The Kier molecular flexibility index (Phi) is 5.88. The number of likely N-dealkylation sites (tertiary alicyclic amines) is 1. The van der Waals surface area contributed by atoms with E-state index in [1.165, 1.54) is 18.4 Å². The van der Waals surface area contributed by atoms with Gasteiger partial charge in [-0.1, -0.05) is 11.3 Å². The summed E-state index contributed by atoms with van der Waals surface area (Å²) in [6, 6.07) is 5.40. The lowest BCUT2D eigenvalue weighted by molar-refractivity contribution is -0.142. The van der Waals surface area contributed by atoms with Gasteiger partial charge < -0.3 is 14.0 Å². The van der Waals surface area contributed by atoms with Gasteiger partial charge in [0, 0.05) is 19.4 Å². The standard InChI is InChI=1S/C18H19N3O6S/c1-26-11-3-4-12-13(9-11)28-18(20(12)8-7-17(25)27-2)19-14(22)10-21-15(23)5-6-16(21)24/h3-4,9H,5-8,10H2,1-2H3. The Morgan fingerprint density at radius 1 is 1.18 bits per heavy atom. The zero-order valence-electron chi connectivity index (χ0n) is 15.5. The van der Waals surface area contributed by atoms with Crippen molar-refractivity contribution in [2.75, 3.05) is 20.8 Å². The number of nitrogens with zero attached hydrogens (tertiary/aromatic N) is 3. The van der Waals surface area contributed by atoms with Gasteiger partial charge in [0.1, 0.15) is 12.3 Å². The quantitative estimate of drug-likeness (QED) is 0.521. The topological polar surface area (TPSA) is 107 Å². The van der Waals surface area contributed by atoms with E-state index in [0.29, 0.717) is 10.6 Å². The molecule has 1 saturated heterocycles. The van der Waals surface area contributed by atoms with Crippen molar-refractivity contribution < 1.29 is 28.7 Å². The first kappa shape index (κ1) is 19.7. The number of ether oxygens (including phenoxy) is 2. The minimum absolute atomic E-state index is 0.110. The fourth-order valence-electron chi connectivity index (χ4n) is 2.86. The SMILES string of the molecule is COC(=O)CCn1c(=NC(=O)CN2C(=O)CCC2=O)sc2cc(OC)ccc21. The number of imide groups is 1. The minimum atomic E-state index is -0.603. The molecule has 1 aliphatic rings. The van der Waals surface area contributed by atoms with Gasteiger partial charge in [-0.3, -0.25) is 24.1 Å². The molecule has 0 N–H and O–H groups in total. The van der Waals surface area contributed by atoms with Crippen LogP contribution in [0.2, 0.25) is 0 Å². The molecule has 0 unspecified atom stereocenters. The van der Waals surface area contributed by atoms with Crippen molar-refractivity contribution in [3.05, 3.63) is 23.0 Å². The van der Waals surface area contributed by atoms with Crippen LogP contribution in [0.3, 0.4) is 0 Å². The van der Waals surface area contributed by atoms with Crippen molar-refractivity contribution in [3.8, 4) is 5.75 Å². The normalized spacial score (nSPS) is 14.8. The summed E-state index contributed by atoms with van der Waals surface area (Å²) in [5.74, 6) is -1.07. The van der Waals surface area contributed by atoms with E-state index in [0.717, 1.165) is 15.1 Å². The molecule has 2 aromatic rings. The maximum absolute atomic E-state index is 12.4. The summed E-state index contributed by atoms with van der Waals surface area (Å²) in [5.41, 5.74) is 0.787. The van der Waals surface area contributed by atoms with Crippen molar-refractivity contribution in [1.82, 2.24) is 9.47 Å². The number of aromatic nitrogens is 1. The van der Waals surface area contributed by atoms with Crippen LogP contribution >= 0.6 is 11.3 Å². The van der Waals surface area contributed by atoms with Crippen molar-refractivity contribution in [1.29, 1.82) is 0 Å². The second-order valence-electron chi connectivity index (χ2n) is 6.08. The number of hydrogen-bond acceptors (Lipinski definition) is 7. The highest BCUT2D eigenvalue weighted by Crippen LogP contribution is 2.23. The lowest BCUT2D eigenvalue weighted by atomic mass is 10.3. The molecule has 3 amide bonds. The number of aryl methyl sites for hydroxylation is 1. The largest absolute Gasteiger partial charge is 0.497 e. The van der Waals surface area contributed by atoms with Gasteiger partial charge >= 0.3 is 5.97 Å². The smallest absolute Gasteiger partial charge is 0.307 e. The van der Waals surface area contributed by atoms with E-state index < -0.39 is 5.91 Å². The average Bonchev–Trinajstić information content (AvgIpc) is 3.19. The Morgan fingerprint density at radius 2 is 1.89 bits per heavy atom. The Morgan fingerprint density at radius 3 is 2.54 bits per heavy atom. The lowest BCUT2D eigenvalue weighted by Gasteiger charge is -2.10. The second-order valence-corrected chi connectivity index (χ2v) is 7.08. The maximum atomic E-state index is 12.4. The number of benzene rings is 1. The summed E-state index contributed by atoms with van der Waals surface area (Å²) in [7, 11) is 2.86. The third-order valence-corrected chi connectivity index (χ3v) is 5.37. The van der Waals surface area contributed by atoms with E-state index in [1.54, 1.807) is 17.7 Å². The van der Waals surface area contributed by atoms with E-state index in [9.17, 15) is 19.2 Å². The van der Waals surface area contributed by atoms with Crippen LogP contribution < -0.4 is 9.54 Å². The second kappa shape index (κ2) is 8.34. The van der Waals surface area contributed by atoms with Gasteiger partial charge in [-0.25, -0.2) is 0 Å². The molecular weight excluding hydrogens is 386 g/mol. The number of methoxy groups -OCH3 is 2. The van der Waals surface area contributed by atoms with Gasteiger partial charge in [0.2, 0.25) is 11.8 Å². The van der Waals surface area contributed by atoms with Crippen molar-refractivity contribution in [2.45, 2.75) is 25.8 Å². The zero-order valence-corrected chi connectivity index (χ0v) is 16.3. The highest BCUT2D eigenvalue weighted by atomic mass is 32.1. The maximum Gasteiger partial charge on any atom is 0.307 e. The van der Waals surface area contributed by atoms with Gasteiger partial charge in [-0.15, -0.1) is 0 Å². The van der Waals surface area contributed by atoms with Gasteiger partial charge in [0.15, 0.2) is 4.80 Å². The Hall–Kier alpha value is -3.01. The summed E-state index contributed by atoms with van der Waals surface area (Å²) >= 11 is 1.26. The Balaban J connectivity index is 1.96. The van der Waals surface area contributed by atoms with Gasteiger partial charge in [-0.2, -0.15) is 4.99 Å². The highest BCUT2D eigenvalue weighted by molar-refractivity contribution is 7.16. The third kappa shape index (κ3) is 4.11. The summed E-state index contributed by atoms with van der Waals surface area (Å²) in [6.45, 7) is -0.112. The zero-order chi connectivity index (χ0) is 20.3. The molecule has 1 aliphatic heterocycles. The molecule has 0 radical (unpaired) electrons. The van der Waals surface area contributed by atoms with E-state index >= 15 is 0 Å². The molecule has 0 saturated carbocycles. The number of rotatable bonds is 6. The fourth-order valence-corrected chi connectivity index (χ4v) is 3.97. The number of carbonyl (C=O) groups is 4. The van der Waals surface area contributed by atoms with Gasteiger partial charge in [0.05, 0.1) is 30.9 Å². The molecule has 0 atom stereocenters. The van der Waals surface area contributed by atoms with Gasteiger partial charge in [0.25, 0.3) is 5.91 Å². The summed E-state index contributed by atoms with van der Waals surface area (Å²) in [6.07, 6.45) is 0.348. The van der Waals surface area contributed by atoms with Crippen molar-refractivity contribution in [3.63, 3.8) is 0 Å². The monoisotopic (exact) mass is 405 g/mol. The van der Waals surface area contributed by atoms with E-state index in [2.05, 4.69) is 9.73 Å². The van der Waals surface area contributed by atoms with E-state index in [1.807, 2.05) is 12.1 Å². The van der Waals surface area contributed by atoms with Crippen LogP contribution in [0.4, 0.5) is 0 Å². The van der Waals surface area contributed by atoms with Crippen LogP contribution in [-0.2, 0) is 30.5 Å². The molecule has 2 heterocycles. The molecule has 148 valence electrons. The molecule has 28 heavy (non-hydrogen) atoms. The number of amides is 3. The number of carbonyl (C=O) groups excluding carboxylic acids is 4. The summed E-state index contributed by atoms with van der Waals surface area (Å²) in [4.78, 5) is 52.7. The number of hydrogen-bond donors (Lipinski definition) is 0. The van der Waals surface area contributed by atoms with Crippen LogP contribution in [-0.4, -0.2) is 53.9 Å². The predicted octanol–water partition coefficient (Wildman–Crippen LogP) is 0.851. The van der Waals surface area contributed by atoms with Gasteiger partial charge in [-0.05, 0) is 18.2 Å². The first-order chi connectivity index (χ1) is 13.4. The van der Waals surface area contributed by atoms with Crippen LogP contribution in [0.25, 0.3) is 10.2 Å². The molecule has 1 aromatic heterocycles. The van der Waals surface area contributed by atoms with Crippen molar-refractivity contribution in [2.24, 2.45) is 4.99 Å². The molecule has 0 bridgehead atoms. The molecule has 9 nitrogen and oxygen atoms in total. The van der Waals surface area contributed by atoms with Crippen molar-refractivity contribution >= 4 is 45.2 Å². The average molecular weight is 405 g/mol. The molecule has 0 aliphatic carbocycles.